The topological polar surface area (TPSA) is 44.5 Å². The molecule has 2 N–H and O–H groups in total. The molecule has 1 heterocycles. The third-order valence-corrected chi connectivity index (χ3v) is 2.27. The number of hydrogen-bond acceptors (Lipinski definition) is 3. The minimum Gasteiger partial charge on any atom is -0.496 e. The van der Waals surface area contributed by atoms with E-state index in [9.17, 15) is 0 Å². The molecule has 0 saturated heterocycles. The monoisotopic (exact) mass is 205 g/mol. The van der Waals surface area contributed by atoms with Gasteiger partial charge in [-0.2, -0.15) is 0 Å². The molecule has 3 nitrogen and oxygen atoms in total. The van der Waals surface area contributed by atoms with Gasteiger partial charge >= 0.3 is 0 Å². The highest BCUT2D eigenvalue weighted by atomic mass is 16.5. The van der Waals surface area contributed by atoms with Crippen molar-refractivity contribution in [1.82, 2.24) is 0 Å². The lowest BCUT2D eigenvalue weighted by Crippen LogP contribution is -2.30. The van der Waals surface area contributed by atoms with Gasteiger partial charge in [0.25, 0.3) is 0 Å². The van der Waals surface area contributed by atoms with Crippen LogP contribution in [0.3, 0.4) is 0 Å². The van der Waals surface area contributed by atoms with Crippen LogP contribution in [0.15, 0.2) is 42.2 Å². The van der Waals surface area contributed by atoms with Crippen LogP contribution in [0.25, 0.3) is 0 Å². The maximum atomic E-state index is 5.91. The second-order valence-electron chi connectivity index (χ2n) is 3.47. The molecule has 1 atom stereocenters. The SMILES string of the molecule is NC(COc1ccccc1)C1=CCCO1. The zero-order valence-electron chi connectivity index (χ0n) is 8.56. The van der Waals surface area contributed by atoms with Crippen molar-refractivity contribution >= 4 is 0 Å². The van der Waals surface area contributed by atoms with Gasteiger partial charge in [0, 0.05) is 6.42 Å². The quantitative estimate of drug-likeness (QED) is 0.813. The molecule has 1 unspecified atom stereocenters. The number of benzene rings is 1. The summed E-state index contributed by atoms with van der Waals surface area (Å²) in [6.07, 6.45) is 2.98. The largest absolute Gasteiger partial charge is 0.496 e. The van der Waals surface area contributed by atoms with Crippen molar-refractivity contribution in [1.29, 1.82) is 0 Å². The van der Waals surface area contributed by atoms with Gasteiger partial charge in [-0.3, -0.25) is 0 Å². The molecule has 1 aromatic carbocycles. The van der Waals surface area contributed by atoms with Gasteiger partial charge in [-0.05, 0) is 18.2 Å². The summed E-state index contributed by atoms with van der Waals surface area (Å²) >= 11 is 0. The van der Waals surface area contributed by atoms with Crippen molar-refractivity contribution in [3.8, 4) is 5.75 Å². The van der Waals surface area contributed by atoms with Gasteiger partial charge < -0.3 is 15.2 Å². The van der Waals surface area contributed by atoms with E-state index in [0.717, 1.165) is 24.5 Å². The van der Waals surface area contributed by atoms with Gasteiger partial charge in [0.1, 0.15) is 18.1 Å². The van der Waals surface area contributed by atoms with E-state index in [1.54, 1.807) is 0 Å². The van der Waals surface area contributed by atoms with Crippen molar-refractivity contribution < 1.29 is 9.47 Å². The van der Waals surface area contributed by atoms with Crippen LogP contribution in [-0.4, -0.2) is 19.3 Å². The molecular formula is C12H15NO2. The van der Waals surface area contributed by atoms with Gasteiger partial charge in [-0.25, -0.2) is 0 Å². The minimum absolute atomic E-state index is 0.160. The Balaban J connectivity index is 1.83. The zero-order chi connectivity index (χ0) is 10.5. The fourth-order valence-electron chi connectivity index (χ4n) is 1.48. The van der Waals surface area contributed by atoms with Gasteiger partial charge in [0.15, 0.2) is 0 Å². The smallest absolute Gasteiger partial charge is 0.119 e. The number of para-hydroxylation sites is 1. The van der Waals surface area contributed by atoms with Crippen LogP contribution in [0.2, 0.25) is 0 Å². The molecule has 0 amide bonds. The van der Waals surface area contributed by atoms with Crippen LogP contribution in [-0.2, 0) is 4.74 Å². The molecule has 0 saturated carbocycles. The molecule has 80 valence electrons. The Labute approximate surface area is 89.5 Å². The zero-order valence-corrected chi connectivity index (χ0v) is 8.56. The molecule has 0 aliphatic carbocycles. The lowest BCUT2D eigenvalue weighted by molar-refractivity contribution is 0.198. The van der Waals surface area contributed by atoms with Gasteiger partial charge in [-0.15, -0.1) is 0 Å². The maximum Gasteiger partial charge on any atom is 0.119 e. The summed E-state index contributed by atoms with van der Waals surface area (Å²) in [5.74, 6) is 1.69. The highest BCUT2D eigenvalue weighted by Gasteiger charge is 2.14. The third kappa shape index (κ3) is 2.73. The summed E-state index contributed by atoms with van der Waals surface area (Å²) in [5.41, 5.74) is 5.91. The van der Waals surface area contributed by atoms with E-state index in [1.165, 1.54) is 0 Å². The standard InChI is InChI=1S/C12H15NO2/c13-11(12-7-4-8-14-12)9-15-10-5-2-1-3-6-10/h1-3,5-7,11H,4,8-9,13H2. The van der Waals surface area contributed by atoms with E-state index >= 15 is 0 Å². The Hall–Kier alpha value is -1.48. The van der Waals surface area contributed by atoms with E-state index in [4.69, 9.17) is 15.2 Å². The second-order valence-corrected chi connectivity index (χ2v) is 3.47. The molecule has 0 radical (unpaired) electrons. The van der Waals surface area contributed by atoms with Gasteiger partial charge in [-0.1, -0.05) is 18.2 Å². The van der Waals surface area contributed by atoms with Crippen molar-refractivity contribution in [3.63, 3.8) is 0 Å². The average molecular weight is 205 g/mol. The summed E-state index contributed by atoms with van der Waals surface area (Å²) in [5, 5.41) is 0. The lowest BCUT2D eigenvalue weighted by atomic mass is 10.2. The van der Waals surface area contributed by atoms with Crippen molar-refractivity contribution in [2.24, 2.45) is 5.73 Å². The number of hydrogen-bond donors (Lipinski definition) is 1. The normalized spacial score (nSPS) is 16.7. The first-order valence-corrected chi connectivity index (χ1v) is 5.12. The summed E-state index contributed by atoms with van der Waals surface area (Å²) in [6, 6.07) is 9.49. The molecule has 3 heteroatoms. The Kier molecular flexibility index (Phi) is 3.25. The van der Waals surface area contributed by atoms with Crippen LogP contribution in [0.5, 0.6) is 5.75 Å². The molecule has 1 aromatic rings. The van der Waals surface area contributed by atoms with E-state index in [1.807, 2.05) is 36.4 Å². The van der Waals surface area contributed by atoms with Crippen LogP contribution in [0, 0.1) is 0 Å². The molecule has 0 spiro atoms. The van der Waals surface area contributed by atoms with Crippen LogP contribution in [0.4, 0.5) is 0 Å². The molecular weight excluding hydrogens is 190 g/mol. The Morgan fingerprint density at radius 1 is 1.33 bits per heavy atom. The van der Waals surface area contributed by atoms with Crippen LogP contribution in [0.1, 0.15) is 6.42 Å². The number of ether oxygens (including phenoxy) is 2. The summed E-state index contributed by atoms with van der Waals surface area (Å²) in [7, 11) is 0. The Morgan fingerprint density at radius 2 is 2.13 bits per heavy atom. The van der Waals surface area contributed by atoms with E-state index in [-0.39, 0.29) is 6.04 Å². The molecule has 0 bridgehead atoms. The summed E-state index contributed by atoms with van der Waals surface area (Å²) in [6.45, 7) is 1.20. The Bertz CT molecular complexity index is 335. The molecule has 15 heavy (non-hydrogen) atoms. The van der Waals surface area contributed by atoms with E-state index < -0.39 is 0 Å². The first-order chi connectivity index (χ1) is 7.36. The summed E-state index contributed by atoms with van der Waals surface area (Å²) < 4.78 is 10.9. The predicted octanol–water partition coefficient (Wildman–Crippen LogP) is 1.70. The molecule has 1 aliphatic heterocycles. The fraction of sp³-hybridized carbons (Fsp3) is 0.333. The van der Waals surface area contributed by atoms with Gasteiger partial charge in [0.05, 0.1) is 12.6 Å². The number of rotatable bonds is 4. The Morgan fingerprint density at radius 3 is 2.80 bits per heavy atom. The predicted molar refractivity (Wildman–Crippen MR) is 58.6 cm³/mol. The number of nitrogens with two attached hydrogens (primary N) is 1. The van der Waals surface area contributed by atoms with Crippen molar-refractivity contribution in [3.05, 3.63) is 42.2 Å². The summed E-state index contributed by atoms with van der Waals surface area (Å²) in [4.78, 5) is 0. The highest BCUT2D eigenvalue weighted by molar-refractivity contribution is 5.21. The van der Waals surface area contributed by atoms with Crippen LogP contribution >= 0.6 is 0 Å². The first-order valence-electron chi connectivity index (χ1n) is 5.12. The molecule has 2 rings (SSSR count). The molecule has 0 aromatic heterocycles. The van der Waals surface area contributed by atoms with Crippen LogP contribution < -0.4 is 10.5 Å². The first kappa shape index (κ1) is 10.1. The second kappa shape index (κ2) is 4.84. The fourth-order valence-corrected chi connectivity index (χ4v) is 1.48. The highest BCUT2D eigenvalue weighted by Crippen LogP contribution is 2.14. The third-order valence-electron chi connectivity index (χ3n) is 2.27. The average Bonchev–Trinajstić information content (AvgIpc) is 2.81. The maximum absolute atomic E-state index is 5.91. The lowest BCUT2D eigenvalue weighted by Gasteiger charge is -2.14. The van der Waals surface area contributed by atoms with E-state index in [2.05, 4.69) is 0 Å². The molecule has 1 aliphatic rings. The van der Waals surface area contributed by atoms with Gasteiger partial charge in [0.2, 0.25) is 0 Å². The van der Waals surface area contributed by atoms with E-state index in [0.29, 0.717) is 6.61 Å². The van der Waals surface area contributed by atoms with Crippen molar-refractivity contribution in [2.75, 3.05) is 13.2 Å². The van der Waals surface area contributed by atoms with Crippen molar-refractivity contribution in [2.45, 2.75) is 12.5 Å². The minimum atomic E-state index is -0.160. The molecule has 0 fully saturated rings.